The first-order valence-corrected chi connectivity index (χ1v) is 6.39. The van der Waals surface area contributed by atoms with Crippen molar-refractivity contribution in [3.05, 3.63) is 60.2 Å². The number of alkyl halides is 1. The molecule has 0 N–H and O–H groups in total. The molecule has 0 aliphatic rings. The molecular weight excluding hydrogens is 228 g/mol. The molecule has 2 rings (SSSR count). The number of benzene rings is 2. The fraction of sp³-hybridized carbons (Fsp3) is 0.250. The summed E-state index contributed by atoms with van der Waals surface area (Å²) in [5, 5.41) is 0. The molecule has 88 valence electrons. The van der Waals surface area contributed by atoms with Crippen LogP contribution in [0.4, 0.5) is 0 Å². The molecule has 0 bridgehead atoms. The molecule has 0 nitrogen and oxygen atoms in total. The lowest BCUT2D eigenvalue weighted by atomic mass is 9.86. The highest BCUT2D eigenvalue weighted by molar-refractivity contribution is 6.18. The number of hydrogen-bond donors (Lipinski definition) is 0. The lowest BCUT2D eigenvalue weighted by Crippen LogP contribution is -2.18. The maximum atomic E-state index is 5.98. The van der Waals surface area contributed by atoms with Gasteiger partial charge >= 0.3 is 0 Å². The third kappa shape index (κ3) is 2.70. The molecule has 2 aromatic carbocycles. The van der Waals surface area contributed by atoms with Crippen molar-refractivity contribution in [3.8, 4) is 11.1 Å². The highest BCUT2D eigenvalue weighted by Crippen LogP contribution is 2.27. The van der Waals surface area contributed by atoms with Crippen molar-refractivity contribution < 1.29 is 0 Å². The molecule has 0 fully saturated rings. The summed E-state index contributed by atoms with van der Waals surface area (Å²) >= 11 is 5.98. The number of hydrogen-bond acceptors (Lipinski definition) is 0. The molecule has 0 amide bonds. The minimum absolute atomic E-state index is 0.0385. The average molecular weight is 245 g/mol. The van der Waals surface area contributed by atoms with E-state index >= 15 is 0 Å². The van der Waals surface area contributed by atoms with Crippen LogP contribution in [0.3, 0.4) is 0 Å². The first-order chi connectivity index (χ1) is 8.13. The van der Waals surface area contributed by atoms with Crippen LogP contribution in [0.25, 0.3) is 11.1 Å². The van der Waals surface area contributed by atoms with Gasteiger partial charge in [-0.3, -0.25) is 0 Å². The maximum absolute atomic E-state index is 5.98. The van der Waals surface area contributed by atoms with Crippen molar-refractivity contribution in [1.82, 2.24) is 0 Å². The Morgan fingerprint density at radius 1 is 0.824 bits per heavy atom. The SMILES string of the molecule is CC(C)(CCl)c1ccc(-c2ccccc2)cc1. The molecular formula is C16H17Cl. The summed E-state index contributed by atoms with van der Waals surface area (Å²) in [6, 6.07) is 19.1. The Bertz CT molecular complexity index is 469. The summed E-state index contributed by atoms with van der Waals surface area (Å²) in [5.41, 5.74) is 3.83. The van der Waals surface area contributed by atoms with E-state index in [9.17, 15) is 0 Å². The van der Waals surface area contributed by atoms with E-state index < -0.39 is 0 Å². The molecule has 0 atom stereocenters. The van der Waals surface area contributed by atoms with Crippen LogP contribution in [0.5, 0.6) is 0 Å². The van der Waals surface area contributed by atoms with Crippen LogP contribution >= 0.6 is 11.6 Å². The standard InChI is InChI=1S/C16H17Cl/c1-16(2,12-17)15-10-8-14(9-11-15)13-6-4-3-5-7-13/h3-11H,12H2,1-2H3. The highest BCUT2D eigenvalue weighted by atomic mass is 35.5. The lowest BCUT2D eigenvalue weighted by Gasteiger charge is -2.22. The van der Waals surface area contributed by atoms with Crippen LogP contribution in [0.2, 0.25) is 0 Å². The largest absolute Gasteiger partial charge is 0.126 e. The molecule has 1 heteroatoms. The van der Waals surface area contributed by atoms with E-state index in [2.05, 4.69) is 62.4 Å². The molecule has 0 saturated heterocycles. The van der Waals surface area contributed by atoms with Gasteiger partial charge in [0.2, 0.25) is 0 Å². The molecule has 0 unspecified atom stereocenters. The number of rotatable bonds is 3. The summed E-state index contributed by atoms with van der Waals surface area (Å²) in [7, 11) is 0. The Balaban J connectivity index is 2.31. The van der Waals surface area contributed by atoms with Crippen molar-refractivity contribution in [2.75, 3.05) is 5.88 Å². The molecule has 0 radical (unpaired) electrons. The highest BCUT2D eigenvalue weighted by Gasteiger charge is 2.18. The van der Waals surface area contributed by atoms with Gasteiger partial charge in [0.05, 0.1) is 0 Å². The minimum atomic E-state index is 0.0385. The van der Waals surface area contributed by atoms with Crippen molar-refractivity contribution in [2.45, 2.75) is 19.3 Å². The topological polar surface area (TPSA) is 0 Å². The normalized spacial score (nSPS) is 11.5. The van der Waals surface area contributed by atoms with Crippen molar-refractivity contribution in [1.29, 1.82) is 0 Å². The summed E-state index contributed by atoms with van der Waals surface area (Å²) in [4.78, 5) is 0. The van der Waals surface area contributed by atoms with Gasteiger partial charge in [-0.2, -0.15) is 0 Å². The van der Waals surface area contributed by atoms with Gasteiger partial charge in [-0.15, -0.1) is 11.6 Å². The van der Waals surface area contributed by atoms with E-state index in [4.69, 9.17) is 11.6 Å². The van der Waals surface area contributed by atoms with Gasteiger partial charge in [-0.05, 0) is 16.7 Å². The van der Waals surface area contributed by atoms with Crippen molar-refractivity contribution in [2.24, 2.45) is 0 Å². The lowest BCUT2D eigenvalue weighted by molar-refractivity contribution is 0.598. The van der Waals surface area contributed by atoms with E-state index in [1.165, 1.54) is 16.7 Å². The Hall–Kier alpha value is -1.27. The summed E-state index contributed by atoms with van der Waals surface area (Å²) in [5.74, 6) is 0.637. The molecule has 0 aliphatic heterocycles. The van der Waals surface area contributed by atoms with Gasteiger partial charge in [-0.25, -0.2) is 0 Å². The molecule has 0 aliphatic carbocycles. The second-order valence-electron chi connectivity index (χ2n) is 4.96. The summed E-state index contributed by atoms with van der Waals surface area (Å²) in [6.45, 7) is 4.33. The third-order valence-corrected chi connectivity index (χ3v) is 3.78. The van der Waals surface area contributed by atoms with Crippen molar-refractivity contribution in [3.63, 3.8) is 0 Å². The van der Waals surface area contributed by atoms with Crippen LogP contribution in [-0.4, -0.2) is 5.88 Å². The molecule has 2 aromatic rings. The van der Waals surface area contributed by atoms with E-state index in [1.54, 1.807) is 0 Å². The first-order valence-electron chi connectivity index (χ1n) is 5.85. The third-order valence-electron chi connectivity index (χ3n) is 3.11. The number of halogens is 1. The van der Waals surface area contributed by atoms with E-state index in [0.717, 1.165) is 0 Å². The van der Waals surface area contributed by atoms with Gasteiger partial charge in [0, 0.05) is 11.3 Å². The summed E-state index contributed by atoms with van der Waals surface area (Å²) in [6.07, 6.45) is 0. The van der Waals surface area contributed by atoms with E-state index in [1.807, 2.05) is 6.07 Å². The van der Waals surface area contributed by atoms with Gasteiger partial charge in [0.1, 0.15) is 0 Å². The van der Waals surface area contributed by atoms with Gasteiger partial charge in [0.15, 0.2) is 0 Å². The fourth-order valence-electron chi connectivity index (χ4n) is 1.82. The van der Waals surface area contributed by atoms with Crippen LogP contribution in [0.15, 0.2) is 54.6 Å². The molecule has 17 heavy (non-hydrogen) atoms. The predicted molar refractivity (Wildman–Crippen MR) is 75.6 cm³/mol. The van der Waals surface area contributed by atoms with E-state index in [-0.39, 0.29) is 5.41 Å². The van der Waals surface area contributed by atoms with Crippen LogP contribution < -0.4 is 0 Å². The van der Waals surface area contributed by atoms with Crippen molar-refractivity contribution >= 4 is 11.6 Å². The van der Waals surface area contributed by atoms with E-state index in [0.29, 0.717) is 5.88 Å². The van der Waals surface area contributed by atoms with Crippen LogP contribution in [-0.2, 0) is 5.41 Å². The van der Waals surface area contributed by atoms with Gasteiger partial charge in [-0.1, -0.05) is 68.4 Å². The average Bonchev–Trinajstić information content (AvgIpc) is 2.40. The quantitative estimate of drug-likeness (QED) is 0.676. The zero-order valence-electron chi connectivity index (χ0n) is 10.3. The molecule has 0 heterocycles. The first kappa shape index (κ1) is 12.2. The van der Waals surface area contributed by atoms with Crippen LogP contribution in [0.1, 0.15) is 19.4 Å². The monoisotopic (exact) mass is 244 g/mol. The Morgan fingerprint density at radius 2 is 1.35 bits per heavy atom. The van der Waals surface area contributed by atoms with Gasteiger partial charge < -0.3 is 0 Å². The molecule has 0 spiro atoms. The predicted octanol–water partition coefficient (Wildman–Crippen LogP) is 4.87. The van der Waals surface area contributed by atoms with Crippen LogP contribution in [0, 0.1) is 0 Å². The maximum Gasteiger partial charge on any atom is 0.0315 e. The Kier molecular flexibility index (Phi) is 3.54. The molecule has 0 aromatic heterocycles. The zero-order chi connectivity index (χ0) is 12.3. The molecule has 0 saturated carbocycles. The smallest absolute Gasteiger partial charge is 0.0315 e. The van der Waals surface area contributed by atoms with Gasteiger partial charge in [0.25, 0.3) is 0 Å². The Labute approximate surface area is 108 Å². The fourth-order valence-corrected chi connectivity index (χ4v) is 1.98. The summed E-state index contributed by atoms with van der Waals surface area (Å²) < 4.78 is 0. The minimum Gasteiger partial charge on any atom is -0.126 e. The second kappa shape index (κ2) is 4.93. The second-order valence-corrected chi connectivity index (χ2v) is 5.23. The zero-order valence-corrected chi connectivity index (χ0v) is 11.0. The Morgan fingerprint density at radius 3 is 1.88 bits per heavy atom.